The second-order valence-electron chi connectivity index (χ2n) is 4.83. The summed E-state index contributed by atoms with van der Waals surface area (Å²) in [6.45, 7) is 3.85. The van der Waals surface area contributed by atoms with Gasteiger partial charge in [-0.2, -0.15) is 13.2 Å². The Kier molecular flexibility index (Phi) is 4.33. The summed E-state index contributed by atoms with van der Waals surface area (Å²) in [5.41, 5.74) is 0.690. The first-order valence-corrected chi connectivity index (χ1v) is 7.10. The Bertz CT molecular complexity index is 493. The van der Waals surface area contributed by atoms with Crippen LogP contribution >= 0.6 is 11.3 Å². The number of alkyl halides is 3. The normalized spacial score (nSPS) is 17.6. The van der Waals surface area contributed by atoms with Crippen LogP contribution in [0.15, 0.2) is 0 Å². The van der Waals surface area contributed by atoms with Crippen molar-refractivity contribution in [1.29, 1.82) is 0 Å². The molecule has 0 saturated carbocycles. The summed E-state index contributed by atoms with van der Waals surface area (Å²) in [6, 6.07) is 0. The molecule has 1 aliphatic heterocycles. The van der Waals surface area contributed by atoms with Gasteiger partial charge in [-0.3, -0.25) is 9.69 Å². The first-order chi connectivity index (χ1) is 9.26. The highest BCUT2D eigenvalue weighted by Gasteiger charge is 2.33. The summed E-state index contributed by atoms with van der Waals surface area (Å²) in [5.74, 6) is -0.125. The van der Waals surface area contributed by atoms with Crippen LogP contribution < -0.4 is 0 Å². The molecule has 0 aromatic carbocycles. The highest BCUT2D eigenvalue weighted by atomic mass is 32.1. The molecule has 2 heterocycles. The number of piperazine rings is 1. The van der Waals surface area contributed by atoms with Crippen molar-refractivity contribution >= 4 is 17.2 Å². The molecule has 1 aromatic heterocycles. The molecular formula is C12H16F3N3OS. The number of aromatic nitrogens is 1. The fourth-order valence-electron chi connectivity index (χ4n) is 2.24. The van der Waals surface area contributed by atoms with E-state index < -0.39 is 12.7 Å². The molecule has 1 saturated heterocycles. The first kappa shape index (κ1) is 15.2. The summed E-state index contributed by atoms with van der Waals surface area (Å²) in [7, 11) is 0. The van der Waals surface area contributed by atoms with E-state index in [-0.39, 0.29) is 19.0 Å². The summed E-state index contributed by atoms with van der Waals surface area (Å²) < 4.78 is 36.9. The minimum atomic E-state index is -4.18. The Balaban J connectivity index is 1.94. The Morgan fingerprint density at radius 1 is 1.25 bits per heavy atom. The zero-order valence-electron chi connectivity index (χ0n) is 11.3. The molecule has 0 aliphatic carbocycles. The Hall–Kier alpha value is -1.15. The number of carbonyl (C=O) groups is 1. The van der Waals surface area contributed by atoms with Crippen LogP contribution in [0, 0.1) is 13.8 Å². The van der Waals surface area contributed by atoms with Crippen molar-refractivity contribution in [1.82, 2.24) is 14.8 Å². The maximum absolute atomic E-state index is 12.3. The van der Waals surface area contributed by atoms with Crippen molar-refractivity contribution < 1.29 is 18.0 Å². The minimum absolute atomic E-state index is 0.125. The predicted octanol–water partition coefficient (Wildman–Crippen LogP) is 2.08. The van der Waals surface area contributed by atoms with Gasteiger partial charge in [0, 0.05) is 26.2 Å². The number of carbonyl (C=O) groups excluding carboxylic acids is 1. The Morgan fingerprint density at radius 2 is 1.85 bits per heavy atom. The number of aryl methyl sites for hydroxylation is 2. The van der Waals surface area contributed by atoms with Gasteiger partial charge in [-0.15, -0.1) is 11.3 Å². The molecule has 20 heavy (non-hydrogen) atoms. The number of halogens is 3. The van der Waals surface area contributed by atoms with Crippen LogP contribution in [-0.2, 0) is 0 Å². The van der Waals surface area contributed by atoms with Crippen molar-refractivity contribution in [2.45, 2.75) is 20.0 Å². The van der Waals surface area contributed by atoms with Crippen molar-refractivity contribution in [2.75, 3.05) is 32.7 Å². The molecule has 1 aromatic rings. The smallest absolute Gasteiger partial charge is 0.335 e. The SMILES string of the molecule is Cc1nc(C)c(C(=O)N2CCN(CC(F)(F)F)CC2)s1. The molecule has 0 atom stereocenters. The van der Waals surface area contributed by atoms with Gasteiger partial charge in [-0.1, -0.05) is 0 Å². The van der Waals surface area contributed by atoms with Crippen LogP contribution in [0.2, 0.25) is 0 Å². The molecule has 0 bridgehead atoms. The molecular weight excluding hydrogens is 291 g/mol. The largest absolute Gasteiger partial charge is 0.401 e. The average molecular weight is 307 g/mol. The van der Waals surface area contributed by atoms with Gasteiger partial charge >= 0.3 is 6.18 Å². The lowest BCUT2D eigenvalue weighted by molar-refractivity contribution is -0.148. The predicted molar refractivity (Wildman–Crippen MR) is 70.0 cm³/mol. The fraction of sp³-hybridized carbons (Fsp3) is 0.667. The highest BCUT2D eigenvalue weighted by Crippen LogP contribution is 2.21. The molecule has 8 heteroatoms. The van der Waals surface area contributed by atoms with Crippen LogP contribution in [0.1, 0.15) is 20.4 Å². The van der Waals surface area contributed by atoms with E-state index in [9.17, 15) is 18.0 Å². The standard InChI is InChI=1S/C12H16F3N3OS/c1-8-10(20-9(2)16-8)11(19)18-5-3-17(4-6-18)7-12(13,14)15/h3-7H2,1-2H3. The van der Waals surface area contributed by atoms with Gasteiger partial charge in [0.05, 0.1) is 17.2 Å². The van der Waals surface area contributed by atoms with Gasteiger partial charge < -0.3 is 4.90 Å². The van der Waals surface area contributed by atoms with Gasteiger partial charge in [0.2, 0.25) is 0 Å². The fourth-order valence-corrected chi connectivity index (χ4v) is 3.12. The number of nitrogens with zero attached hydrogens (tertiary/aromatic N) is 3. The zero-order valence-corrected chi connectivity index (χ0v) is 12.1. The maximum atomic E-state index is 12.3. The van der Waals surface area contributed by atoms with E-state index >= 15 is 0 Å². The second kappa shape index (κ2) is 5.69. The highest BCUT2D eigenvalue weighted by molar-refractivity contribution is 7.13. The van der Waals surface area contributed by atoms with Crippen LogP contribution in [0.25, 0.3) is 0 Å². The number of hydrogen-bond acceptors (Lipinski definition) is 4. The van der Waals surface area contributed by atoms with E-state index in [2.05, 4.69) is 4.98 Å². The van der Waals surface area contributed by atoms with Crippen molar-refractivity contribution in [3.8, 4) is 0 Å². The van der Waals surface area contributed by atoms with Crippen molar-refractivity contribution in [3.05, 3.63) is 15.6 Å². The average Bonchev–Trinajstić information content (AvgIpc) is 2.66. The van der Waals surface area contributed by atoms with Crippen LogP contribution in [-0.4, -0.2) is 59.6 Å². The summed E-state index contributed by atoms with van der Waals surface area (Å²) in [6.07, 6.45) is -4.18. The number of thiazole rings is 1. The molecule has 2 rings (SSSR count). The third-order valence-electron chi connectivity index (χ3n) is 3.16. The molecule has 112 valence electrons. The molecule has 4 nitrogen and oxygen atoms in total. The quantitative estimate of drug-likeness (QED) is 0.839. The van der Waals surface area contributed by atoms with Gasteiger partial charge in [-0.05, 0) is 13.8 Å². The molecule has 0 spiro atoms. The second-order valence-corrected chi connectivity index (χ2v) is 6.03. The van der Waals surface area contributed by atoms with Gasteiger partial charge in [0.1, 0.15) is 4.88 Å². The maximum Gasteiger partial charge on any atom is 0.401 e. The van der Waals surface area contributed by atoms with Crippen molar-refractivity contribution in [2.24, 2.45) is 0 Å². The van der Waals surface area contributed by atoms with E-state index in [0.717, 1.165) is 5.01 Å². The van der Waals surface area contributed by atoms with E-state index in [4.69, 9.17) is 0 Å². The van der Waals surface area contributed by atoms with Gasteiger partial charge in [0.25, 0.3) is 5.91 Å². The lowest BCUT2D eigenvalue weighted by Crippen LogP contribution is -2.50. The Labute approximate surface area is 119 Å². The molecule has 1 amide bonds. The molecule has 1 fully saturated rings. The number of amides is 1. The summed E-state index contributed by atoms with van der Waals surface area (Å²) in [5, 5.41) is 0.821. The number of hydrogen-bond donors (Lipinski definition) is 0. The van der Waals surface area contributed by atoms with Crippen LogP contribution in [0.4, 0.5) is 13.2 Å². The van der Waals surface area contributed by atoms with Gasteiger partial charge in [0.15, 0.2) is 0 Å². The van der Waals surface area contributed by atoms with Crippen LogP contribution in [0.5, 0.6) is 0 Å². The van der Waals surface area contributed by atoms with Gasteiger partial charge in [-0.25, -0.2) is 4.98 Å². The van der Waals surface area contributed by atoms with E-state index in [1.54, 1.807) is 11.8 Å². The van der Waals surface area contributed by atoms with E-state index in [0.29, 0.717) is 23.7 Å². The molecule has 0 N–H and O–H groups in total. The molecule has 0 radical (unpaired) electrons. The molecule has 0 unspecified atom stereocenters. The third-order valence-corrected chi connectivity index (χ3v) is 4.22. The molecule has 1 aliphatic rings. The number of rotatable bonds is 2. The Morgan fingerprint density at radius 3 is 2.30 bits per heavy atom. The van der Waals surface area contributed by atoms with E-state index in [1.807, 2.05) is 6.92 Å². The summed E-state index contributed by atoms with van der Waals surface area (Å²) >= 11 is 1.33. The monoisotopic (exact) mass is 307 g/mol. The summed E-state index contributed by atoms with van der Waals surface area (Å²) in [4.78, 5) is 20.0. The topological polar surface area (TPSA) is 36.4 Å². The third kappa shape index (κ3) is 3.69. The first-order valence-electron chi connectivity index (χ1n) is 6.28. The lowest BCUT2D eigenvalue weighted by atomic mass is 10.2. The van der Waals surface area contributed by atoms with Crippen LogP contribution in [0.3, 0.4) is 0 Å². The lowest BCUT2D eigenvalue weighted by Gasteiger charge is -2.34. The van der Waals surface area contributed by atoms with E-state index in [1.165, 1.54) is 16.2 Å². The minimum Gasteiger partial charge on any atom is -0.335 e. The van der Waals surface area contributed by atoms with Crippen molar-refractivity contribution in [3.63, 3.8) is 0 Å². The zero-order chi connectivity index (χ0) is 14.9.